The predicted molar refractivity (Wildman–Crippen MR) is 72.8 cm³/mol. The monoisotopic (exact) mass is 285 g/mol. The van der Waals surface area contributed by atoms with E-state index in [0.29, 0.717) is 5.92 Å². The lowest BCUT2D eigenvalue weighted by atomic mass is 9.83. The summed E-state index contributed by atoms with van der Waals surface area (Å²) in [5, 5.41) is 0. The Hall–Kier alpha value is -0.940. The summed E-state index contributed by atoms with van der Waals surface area (Å²) < 4.78 is 40.7. The lowest BCUT2D eigenvalue weighted by molar-refractivity contribution is 0.282. The minimum atomic E-state index is -3.76. The molecule has 106 valence electrons. The summed E-state index contributed by atoms with van der Waals surface area (Å²) in [6.45, 7) is 2.07. The molecule has 1 aromatic rings. The molecule has 0 aliphatic heterocycles. The van der Waals surface area contributed by atoms with Crippen molar-refractivity contribution in [2.75, 3.05) is 0 Å². The Morgan fingerprint density at radius 1 is 1.26 bits per heavy atom. The molecule has 19 heavy (non-hydrogen) atoms. The second kappa shape index (κ2) is 6.01. The third-order valence-corrected chi connectivity index (χ3v) is 5.39. The molecular weight excluding hydrogens is 265 g/mol. The number of benzene rings is 1. The lowest BCUT2D eigenvalue weighted by Crippen LogP contribution is -2.42. The van der Waals surface area contributed by atoms with Crippen molar-refractivity contribution in [1.82, 2.24) is 4.72 Å². The summed E-state index contributed by atoms with van der Waals surface area (Å²) in [5.74, 6) is -0.339. The van der Waals surface area contributed by atoms with Crippen LogP contribution < -0.4 is 4.72 Å². The van der Waals surface area contributed by atoms with Crippen LogP contribution in [0, 0.1) is 11.7 Å². The van der Waals surface area contributed by atoms with Crippen LogP contribution in [0.2, 0.25) is 0 Å². The highest BCUT2D eigenvalue weighted by Crippen LogP contribution is 2.28. The normalized spacial score (nSPS) is 24.3. The Labute approximate surface area is 114 Å². The number of halogens is 1. The van der Waals surface area contributed by atoms with E-state index in [1.807, 2.05) is 0 Å². The first-order chi connectivity index (χ1) is 9.04. The minimum absolute atomic E-state index is 0.0663. The van der Waals surface area contributed by atoms with E-state index in [2.05, 4.69) is 11.6 Å². The van der Waals surface area contributed by atoms with Crippen molar-refractivity contribution in [2.24, 2.45) is 5.92 Å². The average Bonchev–Trinajstić information content (AvgIpc) is 2.39. The van der Waals surface area contributed by atoms with Gasteiger partial charge in [0.15, 0.2) is 0 Å². The van der Waals surface area contributed by atoms with Gasteiger partial charge in [0.2, 0.25) is 10.0 Å². The van der Waals surface area contributed by atoms with Crippen molar-refractivity contribution in [3.8, 4) is 0 Å². The highest BCUT2D eigenvalue weighted by molar-refractivity contribution is 7.89. The summed E-state index contributed by atoms with van der Waals surface area (Å²) in [4.78, 5) is -0.254. The zero-order valence-electron chi connectivity index (χ0n) is 11.1. The van der Waals surface area contributed by atoms with Crippen LogP contribution in [0.25, 0.3) is 0 Å². The maximum absolute atomic E-state index is 13.6. The van der Waals surface area contributed by atoms with Gasteiger partial charge in [-0.15, -0.1) is 0 Å². The van der Waals surface area contributed by atoms with Gasteiger partial charge in [-0.25, -0.2) is 17.5 Å². The average molecular weight is 285 g/mol. The van der Waals surface area contributed by atoms with Crippen molar-refractivity contribution < 1.29 is 12.8 Å². The van der Waals surface area contributed by atoms with Crippen LogP contribution in [0.4, 0.5) is 4.39 Å². The van der Waals surface area contributed by atoms with Crippen LogP contribution >= 0.6 is 0 Å². The van der Waals surface area contributed by atoms with Crippen molar-refractivity contribution in [3.63, 3.8) is 0 Å². The van der Waals surface area contributed by atoms with E-state index >= 15 is 0 Å². The molecule has 0 saturated heterocycles. The van der Waals surface area contributed by atoms with Crippen LogP contribution in [0.15, 0.2) is 29.2 Å². The summed E-state index contributed by atoms with van der Waals surface area (Å²) in [7, 11) is -3.76. The van der Waals surface area contributed by atoms with Crippen LogP contribution in [0.1, 0.15) is 39.0 Å². The highest BCUT2D eigenvalue weighted by atomic mass is 32.2. The maximum atomic E-state index is 13.6. The van der Waals surface area contributed by atoms with Crippen LogP contribution in [-0.4, -0.2) is 14.5 Å². The molecule has 0 bridgehead atoms. The molecule has 1 aliphatic rings. The highest BCUT2D eigenvalue weighted by Gasteiger charge is 2.29. The van der Waals surface area contributed by atoms with Gasteiger partial charge in [0.25, 0.3) is 0 Å². The molecule has 1 aliphatic carbocycles. The molecule has 0 heterocycles. The van der Waals surface area contributed by atoms with Gasteiger partial charge in [0.1, 0.15) is 10.7 Å². The lowest BCUT2D eigenvalue weighted by Gasteiger charge is -2.31. The topological polar surface area (TPSA) is 46.2 Å². The van der Waals surface area contributed by atoms with Crippen molar-refractivity contribution in [1.29, 1.82) is 0 Å². The van der Waals surface area contributed by atoms with E-state index < -0.39 is 15.8 Å². The molecule has 1 saturated carbocycles. The zero-order chi connectivity index (χ0) is 13.9. The Kier molecular flexibility index (Phi) is 4.58. The molecule has 0 amide bonds. The van der Waals surface area contributed by atoms with Gasteiger partial charge in [-0.2, -0.15) is 0 Å². The first-order valence-corrected chi connectivity index (χ1v) is 8.29. The largest absolute Gasteiger partial charge is 0.243 e. The molecule has 1 aromatic carbocycles. The maximum Gasteiger partial charge on any atom is 0.243 e. The van der Waals surface area contributed by atoms with E-state index in [1.54, 1.807) is 0 Å². The Bertz CT molecular complexity index is 530. The molecule has 2 unspecified atom stereocenters. The van der Waals surface area contributed by atoms with Crippen molar-refractivity contribution in [2.45, 2.75) is 50.0 Å². The Morgan fingerprint density at radius 3 is 2.63 bits per heavy atom. The molecule has 0 aromatic heterocycles. The summed E-state index contributed by atoms with van der Waals surface area (Å²) in [5.41, 5.74) is 0. The van der Waals surface area contributed by atoms with Gasteiger partial charge in [-0.1, -0.05) is 38.3 Å². The van der Waals surface area contributed by atoms with Gasteiger partial charge >= 0.3 is 0 Å². The molecule has 0 radical (unpaired) electrons. The molecule has 1 fully saturated rings. The zero-order valence-corrected chi connectivity index (χ0v) is 11.9. The van der Waals surface area contributed by atoms with Gasteiger partial charge in [0, 0.05) is 6.04 Å². The predicted octanol–water partition coefficient (Wildman–Crippen LogP) is 3.07. The number of sulfonamides is 1. The molecular formula is C14H20FNO2S. The number of hydrogen-bond acceptors (Lipinski definition) is 2. The smallest absolute Gasteiger partial charge is 0.208 e. The fourth-order valence-electron chi connectivity index (χ4n) is 2.78. The van der Waals surface area contributed by atoms with E-state index in [-0.39, 0.29) is 10.9 Å². The van der Waals surface area contributed by atoms with Crippen LogP contribution in [0.5, 0.6) is 0 Å². The molecule has 2 atom stereocenters. The van der Waals surface area contributed by atoms with Crippen LogP contribution in [-0.2, 0) is 10.0 Å². The van der Waals surface area contributed by atoms with Crippen molar-refractivity contribution in [3.05, 3.63) is 30.1 Å². The van der Waals surface area contributed by atoms with E-state index in [0.717, 1.165) is 32.1 Å². The quantitative estimate of drug-likeness (QED) is 0.924. The SMILES string of the molecule is CCC1CCCCC1NS(=O)(=O)c1ccccc1F. The summed E-state index contributed by atoms with van der Waals surface area (Å²) >= 11 is 0. The summed E-state index contributed by atoms with van der Waals surface area (Å²) in [6, 6.07) is 5.44. The van der Waals surface area contributed by atoms with Gasteiger partial charge in [0.05, 0.1) is 0 Å². The minimum Gasteiger partial charge on any atom is -0.208 e. The van der Waals surface area contributed by atoms with Crippen LogP contribution in [0.3, 0.4) is 0 Å². The first-order valence-electron chi connectivity index (χ1n) is 6.81. The fourth-order valence-corrected chi connectivity index (χ4v) is 4.20. The second-order valence-electron chi connectivity index (χ2n) is 5.11. The second-order valence-corrected chi connectivity index (χ2v) is 6.79. The van der Waals surface area contributed by atoms with Gasteiger partial charge in [-0.05, 0) is 30.9 Å². The van der Waals surface area contributed by atoms with E-state index in [1.165, 1.54) is 24.3 Å². The third-order valence-electron chi connectivity index (χ3n) is 3.87. The van der Waals surface area contributed by atoms with Gasteiger partial charge < -0.3 is 0 Å². The number of rotatable bonds is 4. The third kappa shape index (κ3) is 3.34. The summed E-state index contributed by atoms with van der Waals surface area (Å²) in [6.07, 6.45) is 5.01. The van der Waals surface area contributed by atoms with E-state index in [4.69, 9.17) is 0 Å². The standard InChI is InChI=1S/C14H20FNO2S/c1-2-11-7-3-5-9-13(11)16-19(17,18)14-10-6-4-8-12(14)15/h4,6,8,10-11,13,16H,2-3,5,7,9H2,1H3. The Balaban J connectivity index is 2.19. The fraction of sp³-hybridized carbons (Fsp3) is 0.571. The molecule has 0 spiro atoms. The van der Waals surface area contributed by atoms with E-state index in [9.17, 15) is 12.8 Å². The van der Waals surface area contributed by atoms with Gasteiger partial charge in [-0.3, -0.25) is 0 Å². The number of hydrogen-bond donors (Lipinski definition) is 1. The molecule has 1 N–H and O–H groups in total. The Morgan fingerprint density at radius 2 is 1.95 bits per heavy atom. The molecule has 2 rings (SSSR count). The number of nitrogens with one attached hydrogen (secondary N) is 1. The molecule has 3 nitrogen and oxygen atoms in total. The molecule has 5 heteroatoms. The first kappa shape index (κ1) is 14.5. The van der Waals surface area contributed by atoms with Crippen molar-refractivity contribution >= 4 is 10.0 Å².